The highest BCUT2D eigenvalue weighted by molar-refractivity contribution is 5.88. The van der Waals surface area contributed by atoms with Gasteiger partial charge in [0.2, 0.25) is 5.91 Å². The van der Waals surface area contributed by atoms with Gasteiger partial charge in [-0.3, -0.25) is 4.79 Å². The van der Waals surface area contributed by atoms with Crippen LogP contribution in [0.3, 0.4) is 0 Å². The lowest BCUT2D eigenvalue weighted by Crippen LogP contribution is -2.56. The zero-order chi connectivity index (χ0) is 13.9. The quantitative estimate of drug-likeness (QED) is 0.842. The molecule has 1 N–H and O–H groups in total. The van der Waals surface area contributed by atoms with Crippen molar-refractivity contribution >= 4 is 11.9 Å². The number of hydrogen-bond acceptors (Lipinski definition) is 2. The fourth-order valence-corrected chi connectivity index (χ4v) is 5.94. The largest absolute Gasteiger partial charge is 0.480 e. The van der Waals surface area contributed by atoms with E-state index in [-0.39, 0.29) is 11.3 Å². The van der Waals surface area contributed by atoms with E-state index in [0.29, 0.717) is 13.0 Å². The minimum Gasteiger partial charge on any atom is -0.480 e. The fraction of sp³-hybridized carbons (Fsp3) is 0.875. The van der Waals surface area contributed by atoms with Crippen molar-refractivity contribution in [2.24, 2.45) is 23.2 Å². The maximum atomic E-state index is 13.1. The SMILES string of the molecule is O=C(O)[C@H]1CCCN1C(=O)C12CC3CC(CC(C3)C1)C2. The molecule has 0 aromatic carbocycles. The summed E-state index contributed by atoms with van der Waals surface area (Å²) in [6.45, 7) is 0.650. The summed E-state index contributed by atoms with van der Waals surface area (Å²) in [4.78, 5) is 26.1. The molecule has 0 spiro atoms. The molecule has 1 amide bonds. The van der Waals surface area contributed by atoms with Crippen LogP contribution in [-0.2, 0) is 9.59 Å². The number of amides is 1. The number of carbonyl (C=O) groups excluding carboxylic acids is 1. The number of nitrogens with zero attached hydrogens (tertiary/aromatic N) is 1. The van der Waals surface area contributed by atoms with Crippen LogP contribution in [-0.4, -0.2) is 34.5 Å². The summed E-state index contributed by atoms with van der Waals surface area (Å²) >= 11 is 0. The number of hydrogen-bond donors (Lipinski definition) is 1. The molecule has 4 aliphatic carbocycles. The average Bonchev–Trinajstić information content (AvgIpc) is 2.85. The average molecular weight is 277 g/mol. The Morgan fingerprint density at radius 1 is 1.00 bits per heavy atom. The molecule has 4 heteroatoms. The molecular weight excluding hydrogens is 254 g/mol. The Morgan fingerprint density at radius 3 is 2.05 bits per heavy atom. The second-order valence-corrected chi connectivity index (χ2v) is 7.69. The van der Waals surface area contributed by atoms with Gasteiger partial charge >= 0.3 is 5.97 Å². The number of aliphatic carboxylic acids is 1. The summed E-state index contributed by atoms with van der Waals surface area (Å²) in [5, 5.41) is 9.32. The van der Waals surface area contributed by atoms with Gasteiger partial charge in [-0.2, -0.15) is 0 Å². The Hall–Kier alpha value is -1.06. The smallest absolute Gasteiger partial charge is 0.326 e. The molecule has 20 heavy (non-hydrogen) atoms. The molecular formula is C16H23NO3. The van der Waals surface area contributed by atoms with Crippen LogP contribution in [0.5, 0.6) is 0 Å². The monoisotopic (exact) mass is 277 g/mol. The van der Waals surface area contributed by atoms with Gasteiger partial charge in [-0.05, 0) is 69.1 Å². The van der Waals surface area contributed by atoms with Crippen molar-refractivity contribution in [1.82, 2.24) is 4.90 Å². The molecule has 0 aromatic heterocycles. The molecule has 4 bridgehead atoms. The van der Waals surface area contributed by atoms with Gasteiger partial charge in [0.05, 0.1) is 5.41 Å². The first-order valence-electron chi connectivity index (χ1n) is 8.11. The highest BCUT2D eigenvalue weighted by Crippen LogP contribution is 2.60. The minimum absolute atomic E-state index is 0.182. The van der Waals surface area contributed by atoms with E-state index in [2.05, 4.69) is 0 Å². The summed E-state index contributed by atoms with van der Waals surface area (Å²) in [7, 11) is 0. The topological polar surface area (TPSA) is 57.6 Å². The Labute approximate surface area is 119 Å². The van der Waals surface area contributed by atoms with E-state index in [0.717, 1.165) is 43.4 Å². The van der Waals surface area contributed by atoms with E-state index >= 15 is 0 Å². The van der Waals surface area contributed by atoms with Crippen molar-refractivity contribution in [2.45, 2.75) is 57.4 Å². The van der Waals surface area contributed by atoms with Crippen LogP contribution in [0.15, 0.2) is 0 Å². The molecule has 0 radical (unpaired) electrons. The van der Waals surface area contributed by atoms with Gasteiger partial charge in [-0.15, -0.1) is 0 Å². The van der Waals surface area contributed by atoms with E-state index in [1.807, 2.05) is 0 Å². The van der Waals surface area contributed by atoms with Crippen LogP contribution in [0.2, 0.25) is 0 Å². The number of carboxylic acids is 1. The lowest BCUT2D eigenvalue weighted by molar-refractivity contribution is -0.163. The third kappa shape index (κ3) is 1.73. The summed E-state index contributed by atoms with van der Waals surface area (Å²) in [5.41, 5.74) is -0.188. The van der Waals surface area contributed by atoms with Crippen molar-refractivity contribution in [2.75, 3.05) is 6.54 Å². The molecule has 1 heterocycles. The van der Waals surface area contributed by atoms with Crippen molar-refractivity contribution in [3.05, 3.63) is 0 Å². The van der Waals surface area contributed by atoms with Crippen LogP contribution < -0.4 is 0 Å². The van der Waals surface area contributed by atoms with Gasteiger partial charge in [-0.1, -0.05) is 0 Å². The van der Waals surface area contributed by atoms with Gasteiger partial charge < -0.3 is 10.0 Å². The number of rotatable bonds is 2. The molecule has 1 atom stereocenters. The maximum absolute atomic E-state index is 13.1. The lowest BCUT2D eigenvalue weighted by atomic mass is 9.49. The first kappa shape index (κ1) is 12.7. The van der Waals surface area contributed by atoms with Gasteiger partial charge in [0.1, 0.15) is 6.04 Å². The maximum Gasteiger partial charge on any atom is 0.326 e. The number of carboxylic acid groups (broad SMARTS) is 1. The molecule has 0 unspecified atom stereocenters. The molecule has 5 aliphatic rings. The van der Waals surface area contributed by atoms with E-state index in [4.69, 9.17) is 0 Å². The number of carbonyl (C=O) groups is 2. The normalized spacial score (nSPS) is 45.9. The summed E-state index contributed by atoms with van der Waals surface area (Å²) in [6.07, 6.45) is 8.50. The molecule has 5 fully saturated rings. The second-order valence-electron chi connectivity index (χ2n) is 7.69. The zero-order valence-corrected chi connectivity index (χ0v) is 11.9. The van der Waals surface area contributed by atoms with Gasteiger partial charge in [0.15, 0.2) is 0 Å². The third-order valence-electron chi connectivity index (χ3n) is 6.29. The molecule has 110 valence electrons. The predicted octanol–water partition coefficient (Wildman–Crippen LogP) is 2.28. The van der Waals surface area contributed by atoms with E-state index in [1.165, 1.54) is 19.3 Å². The Kier molecular flexibility index (Phi) is 2.67. The van der Waals surface area contributed by atoms with Crippen molar-refractivity contribution in [1.29, 1.82) is 0 Å². The van der Waals surface area contributed by atoms with Crippen molar-refractivity contribution < 1.29 is 14.7 Å². The van der Waals surface area contributed by atoms with E-state index in [9.17, 15) is 14.7 Å². The van der Waals surface area contributed by atoms with Crippen LogP contribution in [0, 0.1) is 23.2 Å². The fourth-order valence-electron chi connectivity index (χ4n) is 5.94. The van der Waals surface area contributed by atoms with Crippen LogP contribution in [0.1, 0.15) is 51.4 Å². The highest BCUT2D eigenvalue weighted by Gasteiger charge is 2.56. The minimum atomic E-state index is -0.819. The lowest BCUT2D eigenvalue weighted by Gasteiger charge is -2.56. The van der Waals surface area contributed by atoms with Gasteiger partial charge in [-0.25, -0.2) is 4.79 Å². The summed E-state index contributed by atoms with van der Waals surface area (Å²) < 4.78 is 0. The number of likely N-dealkylation sites (tertiary alicyclic amines) is 1. The van der Waals surface area contributed by atoms with Crippen LogP contribution >= 0.6 is 0 Å². The summed E-state index contributed by atoms with van der Waals surface area (Å²) in [6, 6.07) is -0.560. The molecule has 1 saturated heterocycles. The second kappa shape index (κ2) is 4.22. The Morgan fingerprint density at radius 2 is 1.55 bits per heavy atom. The molecule has 1 aliphatic heterocycles. The van der Waals surface area contributed by atoms with E-state index < -0.39 is 12.0 Å². The van der Waals surface area contributed by atoms with Crippen LogP contribution in [0.25, 0.3) is 0 Å². The third-order valence-corrected chi connectivity index (χ3v) is 6.29. The first-order chi connectivity index (χ1) is 9.57. The molecule has 4 saturated carbocycles. The van der Waals surface area contributed by atoms with Crippen LogP contribution in [0.4, 0.5) is 0 Å². The molecule has 0 aromatic rings. The Balaban J connectivity index is 1.60. The van der Waals surface area contributed by atoms with E-state index in [1.54, 1.807) is 4.90 Å². The molecule has 4 nitrogen and oxygen atoms in total. The molecule has 5 rings (SSSR count). The van der Waals surface area contributed by atoms with Crippen molar-refractivity contribution in [3.8, 4) is 0 Å². The predicted molar refractivity (Wildman–Crippen MR) is 73.0 cm³/mol. The Bertz CT molecular complexity index is 423. The highest BCUT2D eigenvalue weighted by atomic mass is 16.4. The first-order valence-corrected chi connectivity index (χ1v) is 8.11. The van der Waals surface area contributed by atoms with Crippen molar-refractivity contribution in [3.63, 3.8) is 0 Å². The zero-order valence-electron chi connectivity index (χ0n) is 11.9. The van der Waals surface area contributed by atoms with Gasteiger partial charge in [0.25, 0.3) is 0 Å². The van der Waals surface area contributed by atoms with Gasteiger partial charge in [0, 0.05) is 6.54 Å². The standard InChI is InChI=1S/C16H23NO3/c18-14(19)13-2-1-3-17(13)15(20)16-7-10-4-11(8-16)6-12(5-10)9-16/h10-13H,1-9H2,(H,18,19)/t10?,11?,12?,13-,16?/m1/s1. The summed E-state index contributed by atoms with van der Waals surface area (Å²) in [5.74, 6) is 1.56.